The normalized spacial score (nSPS) is 11.0. The molecule has 20 heavy (non-hydrogen) atoms. The molecule has 2 aromatic carbocycles. The Bertz CT molecular complexity index is 552. The summed E-state index contributed by atoms with van der Waals surface area (Å²) in [7, 11) is 4.19. The minimum absolute atomic E-state index is 0.789. The maximum Gasteiger partial charge on any atom is 0.0409 e. The minimum Gasteiger partial charge on any atom is -0.309 e. The second kappa shape index (κ2) is 7.44. The van der Waals surface area contributed by atoms with Crippen molar-refractivity contribution in [2.24, 2.45) is 0 Å². The maximum absolute atomic E-state index is 5.99. The van der Waals surface area contributed by atoms with Gasteiger partial charge in [0.05, 0.1) is 0 Å². The molecule has 0 saturated heterocycles. The third-order valence-corrected chi connectivity index (χ3v) is 3.37. The molecule has 0 aliphatic carbocycles. The summed E-state index contributed by atoms with van der Waals surface area (Å²) in [4.78, 5) is 2.19. The summed E-state index contributed by atoms with van der Waals surface area (Å²) in [6.07, 6.45) is 0. The maximum atomic E-state index is 5.99. The van der Waals surface area contributed by atoms with Gasteiger partial charge in [-0.05, 0) is 42.9 Å². The summed E-state index contributed by atoms with van der Waals surface area (Å²) in [5.74, 6) is 0. The van der Waals surface area contributed by atoms with E-state index in [0.29, 0.717) is 0 Å². The van der Waals surface area contributed by atoms with Gasteiger partial charge in [0, 0.05) is 24.7 Å². The predicted molar refractivity (Wildman–Crippen MR) is 85.8 cm³/mol. The first-order chi connectivity index (χ1) is 9.65. The van der Waals surface area contributed by atoms with Crippen LogP contribution in [0.15, 0.2) is 48.5 Å². The largest absolute Gasteiger partial charge is 0.309 e. The molecule has 0 heterocycles. The van der Waals surface area contributed by atoms with Gasteiger partial charge in [0.15, 0.2) is 0 Å². The van der Waals surface area contributed by atoms with Crippen molar-refractivity contribution in [1.82, 2.24) is 10.2 Å². The molecule has 0 amide bonds. The lowest BCUT2D eigenvalue weighted by Gasteiger charge is -2.14. The van der Waals surface area contributed by atoms with E-state index in [9.17, 15) is 0 Å². The van der Waals surface area contributed by atoms with Crippen LogP contribution in [-0.2, 0) is 19.6 Å². The first-order valence-electron chi connectivity index (χ1n) is 6.82. The zero-order chi connectivity index (χ0) is 14.4. The highest BCUT2D eigenvalue weighted by molar-refractivity contribution is 6.30. The van der Waals surface area contributed by atoms with Crippen LogP contribution in [-0.4, -0.2) is 19.0 Å². The van der Waals surface area contributed by atoms with E-state index < -0.39 is 0 Å². The lowest BCUT2D eigenvalue weighted by molar-refractivity contribution is 0.400. The molecule has 0 atom stereocenters. The molecule has 0 radical (unpaired) electrons. The quantitative estimate of drug-likeness (QED) is 0.872. The first kappa shape index (κ1) is 15.0. The SMILES string of the molecule is CN(C)Cc1ccccc1CNCc1cccc(Cl)c1. The number of nitrogens with one attached hydrogen (secondary N) is 1. The van der Waals surface area contributed by atoms with Crippen molar-refractivity contribution in [3.8, 4) is 0 Å². The molecule has 2 rings (SSSR count). The Labute approximate surface area is 126 Å². The van der Waals surface area contributed by atoms with Crippen molar-refractivity contribution in [1.29, 1.82) is 0 Å². The second-order valence-electron chi connectivity index (χ2n) is 5.24. The van der Waals surface area contributed by atoms with Gasteiger partial charge in [-0.15, -0.1) is 0 Å². The zero-order valence-corrected chi connectivity index (χ0v) is 12.8. The van der Waals surface area contributed by atoms with Gasteiger partial charge < -0.3 is 10.2 Å². The highest BCUT2D eigenvalue weighted by Crippen LogP contribution is 2.12. The molecule has 1 N–H and O–H groups in total. The van der Waals surface area contributed by atoms with Crippen molar-refractivity contribution in [3.63, 3.8) is 0 Å². The van der Waals surface area contributed by atoms with E-state index in [4.69, 9.17) is 11.6 Å². The van der Waals surface area contributed by atoms with Crippen LogP contribution in [0.5, 0.6) is 0 Å². The molecular formula is C17H21ClN2. The van der Waals surface area contributed by atoms with Crippen molar-refractivity contribution < 1.29 is 0 Å². The Morgan fingerprint density at radius 1 is 0.950 bits per heavy atom. The van der Waals surface area contributed by atoms with Crippen molar-refractivity contribution in [3.05, 3.63) is 70.2 Å². The number of benzene rings is 2. The third kappa shape index (κ3) is 4.64. The highest BCUT2D eigenvalue weighted by Gasteiger charge is 2.02. The number of halogens is 1. The number of nitrogens with zero attached hydrogens (tertiary/aromatic N) is 1. The smallest absolute Gasteiger partial charge is 0.0409 e. The van der Waals surface area contributed by atoms with Crippen molar-refractivity contribution in [2.45, 2.75) is 19.6 Å². The zero-order valence-electron chi connectivity index (χ0n) is 12.1. The summed E-state index contributed by atoms with van der Waals surface area (Å²) in [5.41, 5.74) is 3.93. The van der Waals surface area contributed by atoms with Crippen LogP contribution in [0.1, 0.15) is 16.7 Å². The summed E-state index contributed by atoms with van der Waals surface area (Å²) in [5, 5.41) is 4.27. The lowest BCUT2D eigenvalue weighted by Crippen LogP contribution is -2.17. The monoisotopic (exact) mass is 288 g/mol. The van der Waals surface area contributed by atoms with Crippen LogP contribution in [0.25, 0.3) is 0 Å². The van der Waals surface area contributed by atoms with E-state index in [0.717, 1.165) is 24.7 Å². The van der Waals surface area contributed by atoms with Crippen LogP contribution in [0, 0.1) is 0 Å². The Kier molecular flexibility index (Phi) is 5.60. The molecule has 0 aromatic heterocycles. The third-order valence-electron chi connectivity index (χ3n) is 3.14. The Hall–Kier alpha value is -1.35. The minimum atomic E-state index is 0.789. The Morgan fingerprint density at radius 3 is 2.40 bits per heavy atom. The summed E-state index contributed by atoms with van der Waals surface area (Å²) < 4.78 is 0. The van der Waals surface area contributed by atoms with Crippen LogP contribution in [0.2, 0.25) is 5.02 Å². The van der Waals surface area contributed by atoms with Gasteiger partial charge in [0.2, 0.25) is 0 Å². The van der Waals surface area contributed by atoms with Gasteiger partial charge in [-0.2, -0.15) is 0 Å². The number of hydrogen-bond donors (Lipinski definition) is 1. The molecule has 0 fully saturated rings. The van der Waals surface area contributed by atoms with Crippen LogP contribution in [0.4, 0.5) is 0 Å². The molecule has 0 saturated carbocycles. The van der Waals surface area contributed by atoms with E-state index in [2.05, 4.69) is 54.6 Å². The van der Waals surface area contributed by atoms with Crippen molar-refractivity contribution >= 4 is 11.6 Å². The predicted octanol–water partition coefficient (Wildman–Crippen LogP) is 3.69. The Balaban J connectivity index is 1.94. The van der Waals surface area contributed by atoms with Gasteiger partial charge in [0.1, 0.15) is 0 Å². The standard InChI is InChI=1S/C17H21ClN2/c1-20(2)13-16-8-4-3-7-15(16)12-19-11-14-6-5-9-17(18)10-14/h3-10,19H,11-13H2,1-2H3. The van der Waals surface area contributed by atoms with E-state index in [1.807, 2.05) is 18.2 Å². The molecule has 106 valence electrons. The average molecular weight is 289 g/mol. The highest BCUT2D eigenvalue weighted by atomic mass is 35.5. The van der Waals surface area contributed by atoms with E-state index >= 15 is 0 Å². The van der Waals surface area contributed by atoms with Gasteiger partial charge in [-0.1, -0.05) is 48.0 Å². The van der Waals surface area contributed by atoms with E-state index in [1.165, 1.54) is 16.7 Å². The fourth-order valence-corrected chi connectivity index (χ4v) is 2.43. The molecule has 2 aromatic rings. The summed E-state index contributed by atoms with van der Waals surface area (Å²) in [6.45, 7) is 2.67. The molecule has 0 aliphatic rings. The van der Waals surface area contributed by atoms with E-state index in [1.54, 1.807) is 0 Å². The summed E-state index contributed by atoms with van der Waals surface area (Å²) >= 11 is 5.99. The average Bonchev–Trinajstić information content (AvgIpc) is 2.40. The van der Waals surface area contributed by atoms with Gasteiger partial charge >= 0.3 is 0 Å². The van der Waals surface area contributed by atoms with Crippen LogP contribution in [0.3, 0.4) is 0 Å². The second-order valence-corrected chi connectivity index (χ2v) is 5.68. The molecular weight excluding hydrogens is 268 g/mol. The fourth-order valence-electron chi connectivity index (χ4n) is 2.21. The fraction of sp³-hybridized carbons (Fsp3) is 0.294. The van der Waals surface area contributed by atoms with Crippen LogP contribution >= 0.6 is 11.6 Å². The molecule has 0 unspecified atom stereocenters. The molecule has 2 nitrogen and oxygen atoms in total. The van der Waals surface area contributed by atoms with Gasteiger partial charge in [0.25, 0.3) is 0 Å². The summed E-state index contributed by atoms with van der Waals surface area (Å²) in [6, 6.07) is 16.5. The lowest BCUT2D eigenvalue weighted by atomic mass is 10.1. The van der Waals surface area contributed by atoms with Crippen molar-refractivity contribution in [2.75, 3.05) is 14.1 Å². The molecule has 3 heteroatoms. The topological polar surface area (TPSA) is 15.3 Å². The Morgan fingerprint density at radius 2 is 1.70 bits per heavy atom. The molecule has 0 aliphatic heterocycles. The van der Waals surface area contributed by atoms with Gasteiger partial charge in [-0.3, -0.25) is 0 Å². The first-order valence-corrected chi connectivity index (χ1v) is 7.19. The molecule has 0 bridgehead atoms. The van der Waals surface area contributed by atoms with Gasteiger partial charge in [-0.25, -0.2) is 0 Å². The van der Waals surface area contributed by atoms with Crippen LogP contribution < -0.4 is 5.32 Å². The van der Waals surface area contributed by atoms with E-state index in [-0.39, 0.29) is 0 Å². The number of hydrogen-bond acceptors (Lipinski definition) is 2. The number of rotatable bonds is 6. The molecule has 0 spiro atoms.